The topological polar surface area (TPSA) is 30.0 Å². The molecule has 3 aromatic rings. The molecule has 5 heteroatoms. The predicted octanol–water partition coefficient (Wildman–Crippen LogP) is 5.15. The van der Waals surface area contributed by atoms with Crippen LogP contribution in [0.15, 0.2) is 66.9 Å². The number of hydrogen-bond donors (Lipinski definition) is 0. The molecule has 0 atom stereocenters. The minimum Gasteiger partial charge on any atom is -0.289 e. The number of carbonyl (C=O) groups is 1. The van der Waals surface area contributed by atoms with Crippen LogP contribution >= 0.6 is 0 Å². The fourth-order valence-corrected chi connectivity index (χ4v) is 2.40. The lowest BCUT2D eigenvalue weighted by atomic mass is 10.0. The molecule has 0 radical (unpaired) electrons. The Labute approximate surface area is 136 Å². The molecule has 0 bridgehead atoms. The Kier molecular flexibility index (Phi) is 4.16. The monoisotopic (exact) mass is 327 g/mol. The number of allylic oxidation sites excluding steroid dienone is 1. The van der Waals surface area contributed by atoms with E-state index in [4.69, 9.17) is 0 Å². The Morgan fingerprint density at radius 1 is 1.00 bits per heavy atom. The quantitative estimate of drug-likeness (QED) is 0.492. The summed E-state index contributed by atoms with van der Waals surface area (Å²) in [5.74, 6) is -0.686. The number of rotatable bonds is 3. The molecule has 0 aliphatic heterocycles. The van der Waals surface area contributed by atoms with Crippen molar-refractivity contribution in [3.8, 4) is 0 Å². The molecule has 0 aliphatic carbocycles. The smallest absolute Gasteiger partial charge is 0.289 e. The Morgan fingerprint density at radius 3 is 2.58 bits per heavy atom. The van der Waals surface area contributed by atoms with Crippen molar-refractivity contribution < 1.29 is 18.0 Å². The average Bonchev–Trinajstić information content (AvgIpc) is 2.58. The van der Waals surface area contributed by atoms with Gasteiger partial charge in [-0.15, -0.1) is 0 Å². The zero-order valence-electron chi connectivity index (χ0n) is 12.4. The molecule has 0 amide bonds. The molecule has 120 valence electrons. The molecule has 0 saturated carbocycles. The van der Waals surface area contributed by atoms with E-state index < -0.39 is 17.5 Å². The highest BCUT2D eigenvalue weighted by molar-refractivity contribution is 6.08. The second-order valence-corrected chi connectivity index (χ2v) is 5.20. The molecule has 0 aliphatic rings. The van der Waals surface area contributed by atoms with E-state index >= 15 is 0 Å². The van der Waals surface area contributed by atoms with Crippen molar-refractivity contribution in [2.75, 3.05) is 0 Å². The van der Waals surface area contributed by atoms with Crippen LogP contribution in [0, 0.1) is 0 Å². The Hall–Kier alpha value is -2.95. The van der Waals surface area contributed by atoms with E-state index in [9.17, 15) is 18.0 Å². The van der Waals surface area contributed by atoms with Gasteiger partial charge in [0.05, 0.1) is 11.1 Å². The zero-order valence-corrected chi connectivity index (χ0v) is 12.4. The molecule has 0 spiro atoms. The van der Waals surface area contributed by atoms with E-state index in [1.54, 1.807) is 24.4 Å². The largest absolute Gasteiger partial charge is 0.417 e. The van der Waals surface area contributed by atoms with Crippen molar-refractivity contribution >= 4 is 22.8 Å². The maximum absolute atomic E-state index is 13.0. The van der Waals surface area contributed by atoms with E-state index in [0.717, 1.165) is 23.0 Å². The van der Waals surface area contributed by atoms with Crippen molar-refractivity contribution in [2.24, 2.45) is 0 Å². The Morgan fingerprint density at radius 2 is 1.79 bits per heavy atom. The van der Waals surface area contributed by atoms with E-state index in [1.807, 2.05) is 12.1 Å². The molecule has 24 heavy (non-hydrogen) atoms. The first kappa shape index (κ1) is 15.9. The van der Waals surface area contributed by atoms with Gasteiger partial charge in [0.25, 0.3) is 0 Å². The number of hydrogen-bond acceptors (Lipinski definition) is 2. The molecule has 0 saturated heterocycles. The number of carbonyl (C=O) groups excluding carboxylic acids is 1. The molecular formula is C19H12F3NO. The molecule has 3 rings (SSSR count). The third-order valence-corrected chi connectivity index (χ3v) is 3.55. The second-order valence-electron chi connectivity index (χ2n) is 5.20. The van der Waals surface area contributed by atoms with Gasteiger partial charge in [-0.2, -0.15) is 13.2 Å². The fourth-order valence-electron chi connectivity index (χ4n) is 2.40. The average molecular weight is 327 g/mol. The first-order valence-corrected chi connectivity index (χ1v) is 7.18. The number of nitrogens with zero attached hydrogens (tertiary/aromatic N) is 1. The number of aromatic nitrogens is 1. The summed E-state index contributed by atoms with van der Waals surface area (Å²) >= 11 is 0. The number of benzene rings is 2. The first-order valence-electron chi connectivity index (χ1n) is 7.18. The summed E-state index contributed by atoms with van der Waals surface area (Å²) in [7, 11) is 0. The van der Waals surface area contributed by atoms with Crippen LogP contribution in [-0.4, -0.2) is 10.8 Å². The minimum atomic E-state index is -4.56. The molecule has 0 fully saturated rings. The van der Waals surface area contributed by atoms with Gasteiger partial charge in [-0.05, 0) is 35.9 Å². The molecule has 2 nitrogen and oxygen atoms in total. The van der Waals surface area contributed by atoms with Crippen LogP contribution in [0.5, 0.6) is 0 Å². The maximum Gasteiger partial charge on any atom is 0.417 e. The van der Waals surface area contributed by atoms with Crippen LogP contribution in [0.25, 0.3) is 17.0 Å². The van der Waals surface area contributed by atoms with Crippen molar-refractivity contribution in [1.82, 2.24) is 4.98 Å². The van der Waals surface area contributed by atoms with Crippen LogP contribution in [0.4, 0.5) is 13.2 Å². The zero-order chi connectivity index (χ0) is 17.2. The minimum absolute atomic E-state index is 0.358. The highest BCUT2D eigenvalue weighted by atomic mass is 19.4. The summed E-state index contributed by atoms with van der Waals surface area (Å²) in [4.78, 5) is 16.3. The van der Waals surface area contributed by atoms with Crippen molar-refractivity contribution in [3.05, 3.63) is 83.6 Å². The van der Waals surface area contributed by atoms with Gasteiger partial charge in [0.15, 0.2) is 5.78 Å². The van der Waals surface area contributed by atoms with E-state index in [2.05, 4.69) is 4.98 Å². The predicted molar refractivity (Wildman–Crippen MR) is 86.6 cm³/mol. The summed E-state index contributed by atoms with van der Waals surface area (Å²) in [5.41, 5.74) is 0.239. The number of fused-ring (bicyclic) bond motifs is 1. The van der Waals surface area contributed by atoms with Gasteiger partial charge in [-0.3, -0.25) is 9.78 Å². The maximum atomic E-state index is 13.0. The third-order valence-electron chi connectivity index (χ3n) is 3.55. The molecule has 0 N–H and O–H groups in total. The lowest BCUT2D eigenvalue weighted by Gasteiger charge is -2.10. The number of pyridine rings is 1. The van der Waals surface area contributed by atoms with E-state index in [1.165, 1.54) is 24.3 Å². The molecule has 2 aromatic carbocycles. The summed E-state index contributed by atoms with van der Waals surface area (Å²) in [6.07, 6.45) is -0.228. The Bertz CT molecular complexity index is 929. The van der Waals surface area contributed by atoms with Crippen LogP contribution in [0.3, 0.4) is 0 Å². The summed E-state index contributed by atoms with van der Waals surface area (Å²) in [6, 6.07) is 13.8. The third kappa shape index (κ3) is 3.35. The van der Waals surface area contributed by atoms with E-state index in [-0.39, 0.29) is 5.56 Å². The van der Waals surface area contributed by atoms with Gasteiger partial charge in [0.1, 0.15) is 0 Å². The summed E-state index contributed by atoms with van der Waals surface area (Å²) in [5, 5.41) is 0.891. The van der Waals surface area contributed by atoms with Gasteiger partial charge in [0.2, 0.25) is 0 Å². The SMILES string of the molecule is O=C(/C=C/c1ccc2ncccc2c1)c1ccccc1C(F)(F)F. The van der Waals surface area contributed by atoms with Crippen LogP contribution in [-0.2, 0) is 6.18 Å². The fraction of sp³-hybridized carbons (Fsp3) is 0.0526. The highest BCUT2D eigenvalue weighted by Gasteiger charge is 2.34. The van der Waals surface area contributed by atoms with Gasteiger partial charge in [-0.25, -0.2) is 0 Å². The summed E-state index contributed by atoms with van der Waals surface area (Å²) < 4.78 is 38.9. The van der Waals surface area contributed by atoms with Gasteiger partial charge >= 0.3 is 6.18 Å². The highest BCUT2D eigenvalue weighted by Crippen LogP contribution is 2.32. The van der Waals surface area contributed by atoms with Crippen LogP contribution in [0.1, 0.15) is 21.5 Å². The van der Waals surface area contributed by atoms with Crippen molar-refractivity contribution in [1.29, 1.82) is 0 Å². The molecule has 0 unspecified atom stereocenters. The van der Waals surface area contributed by atoms with Crippen LogP contribution < -0.4 is 0 Å². The van der Waals surface area contributed by atoms with Crippen molar-refractivity contribution in [3.63, 3.8) is 0 Å². The number of ketones is 1. The molecule has 1 heterocycles. The van der Waals surface area contributed by atoms with Gasteiger partial charge < -0.3 is 0 Å². The van der Waals surface area contributed by atoms with Crippen molar-refractivity contribution in [2.45, 2.75) is 6.18 Å². The second kappa shape index (κ2) is 6.28. The normalized spacial score (nSPS) is 12.0. The number of halogens is 3. The lowest BCUT2D eigenvalue weighted by molar-refractivity contribution is -0.137. The van der Waals surface area contributed by atoms with E-state index in [0.29, 0.717) is 5.56 Å². The standard InChI is InChI=1S/C19H12F3NO/c20-19(21,22)16-6-2-1-5-15(16)18(24)10-8-13-7-9-17-14(12-13)4-3-11-23-17/h1-12H/b10-8+. The molecular weight excluding hydrogens is 315 g/mol. The first-order chi connectivity index (χ1) is 11.4. The van der Waals surface area contributed by atoms with Gasteiger partial charge in [-0.1, -0.05) is 36.4 Å². The van der Waals surface area contributed by atoms with Gasteiger partial charge in [0, 0.05) is 17.1 Å². The van der Waals surface area contributed by atoms with Crippen LogP contribution in [0.2, 0.25) is 0 Å². The number of alkyl halides is 3. The molecule has 1 aromatic heterocycles. The Balaban J connectivity index is 1.90. The summed E-state index contributed by atoms with van der Waals surface area (Å²) in [6.45, 7) is 0. The lowest BCUT2D eigenvalue weighted by Crippen LogP contribution is -2.11.